The van der Waals surface area contributed by atoms with Gasteiger partial charge in [-0.25, -0.2) is 0 Å². The molecule has 2 nitrogen and oxygen atoms in total. The Labute approximate surface area is 102 Å². The van der Waals surface area contributed by atoms with Gasteiger partial charge < -0.3 is 11.1 Å². The minimum Gasteiger partial charge on any atom is -0.326 e. The smallest absolute Gasteiger partial charge is 0.0191 e. The lowest BCUT2D eigenvalue weighted by atomic mass is 9.92. The van der Waals surface area contributed by atoms with Crippen molar-refractivity contribution < 1.29 is 0 Å². The zero-order chi connectivity index (χ0) is 12.7. The molecule has 0 heterocycles. The van der Waals surface area contributed by atoms with Gasteiger partial charge in [-0.3, -0.25) is 0 Å². The Bertz CT molecular complexity index is 166. The van der Waals surface area contributed by atoms with Gasteiger partial charge in [0.05, 0.1) is 0 Å². The van der Waals surface area contributed by atoms with E-state index in [1.165, 1.54) is 12.8 Å². The predicted octanol–water partition coefficient (Wildman–Crippen LogP) is 3.02. The second-order valence-corrected chi connectivity index (χ2v) is 6.21. The van der Waals surface area contributed by atoms with Crippen LogP contribution in [0.1, 0.15) is 54.4 Å². The van der Waals surface area contributed by atoms with Crippen LogP contribution in [0.5, 0.6) is 0 Å². The van der Waals surface area contributed by atoms with Gasteiger partial charge in [0.1, 0.15) is 0 Å². The van der Waals surface area contributed by atoms with Crippen molar-refractivity contribution in [2.75, 3.05) is 6.54 Å². The molecule has 3 N–H and O–H groups in total. The third-order valence-electron chi connectivity index (χ3n) is 3.10. The molecular weight excluding hydrogens is 196 g/mol. The fourth-order valence-electron chi connectivity index (χ4n) is 2.25. The van der Waals surface area contributed by atoms with Crippen molar-refractivity contribution >= 4 is 0 Å². The Morgan fingerprint density at radius 3 is 1.81 bits per heavy atom. The Kier molecular flexibility index (Phi) is 8.04. The summed E-state index contributed by atoms with van der Waals surface area (Å²) < 4.78 is 0. The van der Waals surface area contributed by atoms with Crippen LogP contribution in [0.2, 0.25) is 0 Å². The molecule has 0 aliphatic carbocycles. The SMILES string of the molecule is CC(C)CC(C)NCC(N)C(C)CC(C)C. The molecule has 0 aromatic rings. The number of nitrogens with two attached hydrogens (primary N) is 1. The van der Waals surface area contributed by atoms with E-state index in [0.29, 0.717) is 12.0 Å². The number of hydrogen-bond acceptors (Lipinski definition) is 2. The van der Waals surface area contributed by atoms with Crippen molar-refractivity contribution in [3.05, 3.63) is 0 Å². The van der Waals surface area contributed by atoms with Crippen LogP contribution in [0.15, 0.2) is 0 Å². The van der Waals surface area contributed by atoms with Crippen LogP contribution < -0.4 is 11.1 Å². The fraction of sp³-hybridized carbons (Fsp3) is 1.00. The molecule has 2 heteroatoms. The van der Waals surface area contributed by atoms with Gasteiger partial charge in [-0.1, -0.05) is 34.6 Å². The molecule has 0 aromatic carbocycles. The predicted molar refractivity (Wildman–Crippen MR) is 73.5 cm³/mol. The van der Waals surface area contributed by atoms with Crippen LogP contribution in [-0.2, 0) is 0 Å². The van der Waals surface area contributed by atoms with E-state index in [0.717, 1.165) is 18.4 Å². The molecule has 0 spiro atoms. The number of rotatable bonds is 8. The second-order valence-electron chi connectivity index (χ2n) is 6.21. The highest BCUT2D eigenvalue weighted by Crippen LogP contribution is 2.13. The molecule has 0 saturated heterocycles. The monoisotopic (exact) mass is 228 g/mol. The second kappa shape index (κ2) is 8.08. The van der Waals surface area contributed by atoms with Gasteiger partial charge in [0, 0.05) is 18.6 Å². The minimum atomic E-state index is 0.289. The maximum absolute atomic E-state index is 6.18. The average molecular weight is 228 g/mol. The van der Waals surface area contributed by atoms with Gasteiger partial charge in [-0.15, -0.1) is 0 Å². The lowest BCUT2D eigenvalue weighted by Gasteiger charge is -2.24. The van der Waals surface area contributed by atoms with E-state index in [9.17, 15) is 0 Å². The molecule has 0 aromatic heterocycles. The first-order valence-electron chi connectivity index (χ1n) is 6.81. The summed E-state index contributed by atoms with van der Waals surface area (Å²) >= 11 is 0. The first kappa shape index (κ1) is 15.9. The van der Waals surface area contributed by atoms with Gasteiger partial charge in [-0.05, 0) is 37.5 Å². The highest BCUT2D eigenvalue weighted by Gasteiger charge is 2.15. The van der Waals surface area contributed by atoms with Crippen molar-refractivity contribution in [2.24, 2.45) is 23.5 Å². The van der Waals surface area contributed by atoms with Crippen molar-refractivity contribution in [1.29, 1.82) is 0 Å². The Morgan fingerprint density at radius 1 is 0.875 bits per heavy atom. The van der Waals surface area contributed by atoms with Gasteiger partial charge in [-0.2, -0.15) is 0 Å². The molecule has 0 bridgehead atoms. The Hall–Kier alpha value is -0.0800. The molecular formula is C14H32N2. The van der Waals surface area contributed by atoms with Gasteiger partial charge in [0.25, 0.3) is 0 Å². The highest BCUT2D eigenvalue weighted by atomic mass is 14.9. The van der Waals surface area contributed by atoms with E-state index in [1.807, 2.05) is 0 Å². The fourth-order valence-corrected chi connectivity index (χ4v) is 2.25. The summed E-state index contributed by atoms with van der Waals surface area (Å²) in [6.45, 7) is 14.5. The molecule has 3 atom stereocenters. The van der Waals surface area contributed by atoms with E-state index < -0.39 is 0 Å². The highest BCUT2D eigenvalue weighted by molar-refractivity contribution is 4.75. The van der Waals surface area contributed by atoms with Crippen molar-refractivity contribution in [3.63, 3.8) is 0 Å². The summed E-state index contributed by atoms with van der Waals surface area (Å²) in [4.78, 5) is 0. The van der Waals surface area contributed by atoms with Crippen molar-refractivity contribution in [3.8, 4) is 0 Å². The van der Waals surface area contributed by atoms with Crippen LogP contribution in [0.4, 0.5) is 0 Å². The molecule has 0 radical (unpaired) electrons. The first-order chi connectivity index (χ1) is 7.32. The summed E-state index contributed by atoms with van der Waals surface area (Å²) in [6, 6.07) is 0.870. The van der Waals surface area contributed by atoms with Gasteiger partial charge in [0.2, 0.25) is 0 Å². The molecule has 3 unspecified atom stereocenters. The zero-order valence-electron chi connectivity index (χ0n) is 12.1. The number of nitrogens with one attached hydrogen (secondary N) is 1. The summed E-state index contributed by atoms with van der Waals surface area (Å²) in [5, 5.41) is 3.54. The number of hydrogen-bond donors (Lipinski definition) is 2. The van der Waals surface area contributed by atoms with Crippen LogP contribution in [-0.4, -0.2) is 18.6 Å². The van der Waals surface area contributed by atoms with Crippen LogP contribution in [0, 0.1) is 17.8 Å². The lowest BCUT2D eigenvalue weighted by molar-refractivity contribution is 0.340. The Balaban J connectivity index is 3.74. The molecule has 0 aliphatic heterocycles. The molecule has 0 rings (SSSR count). The third-order valence-corrected chi connectivity index (χ3v) is 3.10. The maximum atomic E-state index is 6.18. The minimum absolute atomic E-state index is 0.289. The molecule has 16 heavy (non-hydrogen) atoms. The lowest BCUT2D eigenvalue weighted by Crippen LogP contribution is -2.42. The molecule has 0 amide bonds. The summed E-state index contributed by atoms with van der Waals surface area (Å²) in [7, 11) is 0. The van der Waals surface area contributed by atoms with Crippen LogP contribution in [0.3, 0.4) is 0 Å². The molecule has 98 valence electrons. The Morgan fingerprint density at radius 2 is 1.38 bits per heavy atom. The third kappa shape index (κ3) is 8.12. The quantitative estimate of drug-likeness (QED) is 0.670. The zero-order valence-corrected chi connectivity index (χ0v) is 12.1. The largest absolute Gasteiger partial charge is 0.326 e. The van der Waals surface area contributed by atoms with Crippen molar-refractivity contribution in [1.82, 2.24) is 5.32 Å². The van der Waals surface area contributed by atoms with E-state index >= 15 is 0 Å². The van der Waals surface area contributed by atoms with Crippen LogP contribution >= 0.6 is 0 Å². The molecule has 0 saturated carbocycles. The summed E-state index contributed by atoms with van der Waals surface area (Å²) in [5.41, 5.74) is 6.18. The normalized spacial score (nSPS) is 17.8. The van der Waals surface area contributed by atoms with E-state index in [2.05, 4.69) is 46.9 Å². The van der Waals surface area contributed by atoms with Crippen LogP contribution in [0.25, 0.3) is 0 Å². The summed E-state index contributed by atoms with van der Waals surface area (Å²) in [6.07, 6.45) is 2.45. The molecule has 0 fully saturated rings. The van der Waals surface area contributed by atoms with Gasteiger partial charge >= 0.3 is 0 Å². The van der Waals surface area contributed by atoms with Crippen molar-refractivity contribution in [2.45, 2.75) is 66.5 Å². The average Bonchev–Trinajstić information content (AvgIpc) is 2.11. The topological polar surface area (TPSA) is 38.0 Å². The maximum Gasteiger partial charge on any atom is 0.0191 e. The van der Waals surface area contributed by atoms with Gasteiger partial charge in [0.15, 0.2) is 0 Å². The van der Waals surface area contributed by atoms with E-state index in [4.69, 9.17) is 5.73 Å². The molecule has 0 aliphatic rings. The van der Waals surface area contributed by atoms with E-state index in [1.54, 1.807) is 0 Å². The summed E-state index contributed by atoms with van der Waals surface area (Å²) in [5.74, 6) is 2.11. The standard InChI is InChI=1S/C14H32N2/c1-10(2)7-12(5)14(15)9-16-13(6)8-11(3)4/h10-14,16H,7-9,15H2,1-6H3. The van der Waals surface area contributed by atoms with E-state index in [-0.39, 0.29) is 6.04 Å². The first-order valence-corrected chi connectivity index (χ1v) is 6.81.